The molecule has 5 fully saturated rings. The van der Waals surface area contributed by atoms with Crippen molar-refractivity contribution in [2.24, 2.45) is 5.92 Å². The summed E-state index contributed by atoms with van der Waals surface area (Å²) in [6.07, 6.45) is 7.27. The second-order valence-electron chi connectivity index (χ2n) is 14.6. The van der Waals surface area contributed by atoms with E-state index in [1.54, 1.807) is 31.4 Å². The van der Waals surface area contributed by atoms with Crippen molar-refractivity contribution >= 4 is 33.8 Å². The van der Waals surface area contributed by atoms with Gasteiger partial charge in [-0.3, -0.25) is 19.1 Å². The van der Waals surface area contributed by atoms with Crippen molar-refractivity contribution in [1.29, 1.82) is 0 Å². The Kier molecular flexibility index (Phi) is 10.3. The third kappa shape index (κ3) is 7.82. The highest BCUT2D eigenvalue weighted by Crippen LogP contribution is 2.46. The van der Waals surface area contributed by atoms with Crippen molar-refractivity contribution in [3.8, 4) is 17.1 Å². The van der Waals surface area contributed by atoms with Crippen LogP contribution < -0.4 is 24.9 Å². The summed E-state index contributed by atoms with van der Waals surface area (Å²) < 4.78 is 38.4. The van der Waals surface area contributed by atoms with E-state index in [1.165, 1.54) is 11.0 Å². The first-order chi connectivity index (χ1) is 25.5. The molecule has 17 nitrogen and oxygen atoms in total. The smallest absolute Gasteiger partial charge is 0.408 e. The monoisotopic (exact) mass is 754 g/mol. The largest absolute Gasteiger partial charge is 0.497 e. The van der Waals surface area contributed by atoms with E-state index in [9.17, 15) is 27.6 Å². The molecule has 1 aromatic heterocycles. The lowest BCUT2D eigenvalue weighted by molar-refractivity contribution is -0.143. The number of carbonyl (C=O) groups is 4. The highest BCUT2D eigenvalue weighted by Gasteiger charge is 2.62. The van der Waals surface area contributed by atoms with Crippen molar-refractivity contribution in [3.63, 3.8) is 0 Å². The van der Waals surface area contributed by atoms with Crippen LogP contribution >= 0.6 is 0 Å². The van der Waals surface area contributed by atoms with Crippen LogP contribution in [0.4, 0.5) is 4.79 Å². The molecule has 286 valence electrons. The average molecular weight is 755 g/mol. The summed E-state index contributed by atoms with van der Waals surface area (Å²) in [6, 6.07) is 4.30. The molecule has 0 bridgehead atoms. The van der Waals surface area contributed by atoms with Crippen LogP contribution in [0.2, 0.25) is 0 Å². The molecule has 3 aliphatic carbocycles. The Labute approximate surface area is 307 Å². The topological polar surface area (TPSA) is 213 Å². The van der Waals surface area contributed by atoms with Gasteiger partial charge >= 0.3 is 6.09 Å². The normalized spacial score (nSPS) is 28.8. The Morgan fingerprint density at radius 1 is 1.00 bits per heavy atom. The number of tetrazole rings is 1. The molecule has 3 saturated carbocycles. The first-order valence-electron chi connectivity index (χ1n) is 18.4. The summed E-state index contributed by atoms with van der Waals surface area (Å²) in [5.74, 6) is -1.56. The van der Waals surface area contributed by atoms with Gasteiger partial charge in [-0.05, 0) is 87.3 Å². The Bertz CT molecular complexity index is 1830. The first-order valence-corrected chi connectivity index (χ1v) is 20.0. The standard InChI is InChI=1S/C35H46N8O9S/c1-3-22-20-35(22,33(46)40-53(48,49)25-17-18-25)37-31(44)28-19-29(52-43-39-30(38-41-43)21-13-15-23(50-2)16-14-21)27-12-6-4-5-11-26(32(45)42(27)28)36-34(47)51-24-9-7-8-10-24/h3,13-16,22,24-29H,1,4-12,17-20H2,2H3,(H,36,47)(H,37,44)(H,40,46)/t22-,26?,27?,28+,29-,35?/m1/s1. The van der Waals surface area contributed by atoms with Crippen molar-refractivity contribution < 1.29 is 41.9 Å². The Morgan fingerprint density at radius 3 is 2.40 bits per heavy atom. The minimum Gasteiger partial charge on any atom is -0.497 e. The van der Waals surface area contributed by atoms with Crippen molar-refractivity contribution in [1.82, 2.24) is 40.6 Å². The predicted octanol–water partition coefficient (Wildman–Crippen LogP) is 1.79. The summed E-state index contributed by atoms with van der Waals surface area (Å²) >= 11 is 0. The third-order valence-corrected chi connectivity index (χ3v) is 12.8. The van der Waals surface area contributed by atoms with Gasteiger partial charge in [-0.1, -0.05) is 30.4 Å². The fraction of sp³-hybridized carbons (Fsp3) is 0.629. The molecule has 2 saturated heterocycles. The van der Waals surface area contributed by atoms with Crippen molar-refractivity contribution in [3.05, 3.63) is 36.9 Å². The number of alkyl carbamates (subject to hydrolysis) is 1. The lowest BCUT2D eigenvalue weighted by Gasteiger charge is -2.33. The number of nitrogens with zero attached hydrogens (tertiary/aromatic N) is 5. The van der Waals surface area contributed by atoms with Gasteiger partial charge in [0.05, 0.1) is 18.4 Å². The SMILES string of the molecule is C=C[C@@H]1CC1(NC(=O)[C@@H]1C[C@@H](On2nnc(-c3ccc(OC)cc3)n2)C2CCCCCC(NC(=O)OC3CCCC3)C(=O)N21)C(=O)NS(=O)(=O)C1CC1. The summed E-state index contributed by atoms with van der Waals surface area (Å²) in [4.78, 5) is 64.1. The number of aromatic nitrogens is 4. The Hall–Kier alpha value is -4.74. The fourth-order valence-electron chi connectivity index (χ4n) is 7.78. The molecule has 0 spiro atoms. The molecule has 3 unspecified atom stereocenters. The number of benzene rings is 1. The first kappa shape index (κ1) is 36.6. The van der Waals surface area contributed by atoms with Crippen LogP contribution in [-0.4, -0.2) is 106 Å². The maximum atomic E-state index is 14.5. The zero-order valence-electron chi connectivity index (χ0n) is 29.6. The van der Waals surface area contributed by atoms with Crippen LogP contribution in [0.3, 0.4) is 0 Å². The number of amides is 4. The molecule has 7 rings (SSSR count). The van der Waals surface area contributed by atoms with Crippen LogP contribution in [0.5, 0.6) is 5.75 Å². The minimum atomic E-state index is -3.90. The number of methoxy groups -OCH3 is 1. The van der Waals surface area contributed by atoms with Crippen LogP contribution in [0.15, 0.2) is 36.9 Å². The zero-order valence-corrected chi connectivity index (χ0v) is 30.5. The molecular weight excluding hydrogens is 708 g/mol. The number of nitrogens with one attached hydrogen (secondary N) is 3. The van der Waals surface area contributed by atoms with Crippen LogP contribution in [-0.2, 0) is 29.1 Å². The van der Waals surface area contributed by atoms with Gasteiger partial charge in [0.2, 0.25) is 27.7 Å². The van der Waals surface area contributed by atoms with E-state index in [0.717, 1.165) is 37.1 Å². The summed E-state index contributed by atoms with van der Waals surface area (Å²) in [5, 5.41) is 17.5. The molecule has 53 heavy (non-hydrogen) atoms. The summed E-state index contributed by atoms with van der Waals surface area (Å²) in [7, 11) is -2.34. The van der Waals surface area contributed by atoms with Gasteiger partial charge in [0, 0.05) is 22.9 Å². The number of ether oxygens (including phenoxy) is 2. The molecule has 0 radical (unpaired) electrons. The summed E-state index contributed by atoms with van der Waals surface area (Å²) in [5.41, 5.74) is -0.892. The maximum Gasteiger partial charge on any atom is 0.408 e. The van der Waals surface area contributed by atoms with E-state index in [2.05, 4.69) is 37.3 Å². The predicted molar refractivity (Wildman–Crippen MR) is 187 cm³/mol. The molecule has 4 amide bonds. The van der Waals surface area contributed by atoms with Gasteiger partial charge in [0.15, 0.2) is 6.10 Å². The number of fused-ring (bicyclic) bond motifs is 1. The van der Waals surface area contributed by atoms with E-state index in [1.807, 2.05) is 0 Å². The summed E-state index contributed by atoms with van der Waals surface area (Å²) in [6.45, 7) is 3.78. The molecule has 6 atom stereocenters. The van der Waals surface area contributed by atoms with E-state index < -0.39 is 74.8 Å². The Balaban J connectivity index is 1.15. The van der Waals surface area contributed by atoms with Gasteiger partial charge in [-0.15, -0.1) is 11.7 Å². The quantitative estimate of drug-likeness (QED) is 0.265. The lowest BCUT2D eigenvalue weighted by atomic mass is 10.0. The van der Waals surface area contributed by atoms with E-state index in [-0.39, 0.29) is 24.8 Å². The van der Waals surface area contributed by atoms with Gasteiger partial charge in [0.1, 0.15) is 29.5 Å². The van der Waals surface area contributed by atoms with E-state index >= 15 is 0 Å². The molecular formula is C35H46N8O9S. The number of rotatable bonds is 12. The van der Waals surface area contributed by atoms with Crippen LogP contribution in [0, 0.1) is 5.92 Å². The highest BCUT2D eigenvalue weighted by molar-refractivity contribution is 7.91. The molecule has 2 aromatic rings. The van der Waals surface area contributed by atoms with Gasteiger partial charge in [-0.25, -0.2) is 13.2 Å². The molecule has 18 heteroatoms. The number of hydrogen-bond donors (Lipinski definition) is 3. The Morgan fingerprint density at radius 2 is 1.72 bits per heavy atom. The molecule has 1 aromatic carbocycles. The van der Waals surface area contributed by atoms with Crippen LogP contribution in [0.25, 0.3) is 11.4 Å². The van der Waals surface area contributed by atoms with Gasteiger partial charge in [-0.2, -0.15) is 0 Å². The third-order valence-electron chi connectivity index (χ3n) is 11.0. The highest BCUT2D eigenvalue weighted by atomic mass is 32.2. The maximum absolute atomic E-state index is 14.5. The minimum absolute atomic E-state index is 0.00226. The van der Waals surface area contributed by atoms with E-state index in [0.29, 0.717) is 49.8 Å². The van der Waals surface area contributed by atoms with Gasteiger partial charge in [0.25, 0.3) is 5.91 Å². The fourth-order valence-corrected chi connectivity index (χ4v) is 9.15. The van der Waals surface area contributed by atoms with Crippen molar-refractivity contribution in [2.45, 2.75) is 125 Å². The second kappa shape index (κ2) is 14.9. The lowest BCUT2D eigenvalue weighted by Crippen LogP contribution is -2.59. The molecule has 3 N–H and O–H groups in total. The van der Waals surface area contributed by atoms with E-state index in [4.69, 9.17) is 14.3 Å². The zero-order chi connectivity index (χ0) is 37.3. The van der Waals surface area contributed by atoms with Gasteiger partial charge < -0.3 is 29.8 Å². The molecule has 3 heterocycles. The van der Waals surface area contributed by atoms with Crippen LogP contribution in [0.1, 0.15) is 83.5 Å². The molecule has 5 aliphatic rings. The second-order valence-corrected chi connectivity index (χ2v) is 16.6. The number of carbonyl (C=O) groups excluding carboxylic acids is 4. The average Bonchev–Trinajstić information content (AvgIpc) is 3.95. The number of sulfonamides is 1. The molecule has 2 aliphatic heterocycles. The number of hydrogen-bond acceptors (Lipinski definition) is 12. The van der Waals surface area contributed by atoms with Crippen molar-refractivity contribution in [2.75, 3.05) is 7.11 Å².